The third kappa shape index (κ3) is 6.49. The molecule has 0 heterocycles. The van der Waals surface area contributed by atoms with Crippen molar-refractivity contribution in [3.05, 3.63) is 247 Å². The van der Waals surface area contributed by atoms with Crippen molar-refractivity contribution in [1.29, 1.82) is 0 Å². The summed E-state index contributed by atoms with van der Waals surface area (Å²) in [5.74, 6) is 0.0200. The first-order chi connectivity index (χ1) is 26.8. The molecule has 0 amide bonds. The van der Waals surface area contributed by atoms with Gasteiger partial charge in [0.15, 0.2) is 0 Å². The van der Waals surface area contributed by atoms with Crippen molar-refractivity contribution in [2.24, 2.45) is 0 Å². The number of para-hydroxylation sites is 2. The molecule has 0 spiro atoms. The van der Waals surface area contributed by atoms with Crippen LogP contribution in [0.4, 0.5) is 17.1 Å². The molecule has 0 aliphatic carbocycles. The fourth-order valence-corrected chi connectivity index (χ4v) is 7.89. The van der Waals surface area contributed by atoms with Crippen LogP contribution in [0.2, 0.25) is 0 Å². The lowest BCUT2D eigenvalue weighted by Crippen LogP contribution is -2.09. The van der Waals surface area contributed by atoms with Gasteiger partial charge in [0.2, 0.25) is 0 Å². The summed E-state index contributed by atoms with van der Waals surface area (Å²) in [5, 5.41) is 2.52. The van der Waals surface area contributed by atoms with Crippen LogP contribution in [0.5, 0.6) is 0 Å². The molecular weight excluding hydrogens is 651 g/mol. The largest absolute Gasteiger partial charge is 0.311 e. The predicted molar refractivity (Wildman–Crippen MR) is 229 cm³/mol. The smallest absolute Gasteiger partial charge is 0.0462 e. The molecule has 9 aromatic rings. The van der Waals surface area contributed by atoms with Gasteiger partial charge in [-0.1, -0.05) is 194 Å². The molecule has 0 radical (unpaired) electrons. The van der Waals surface area contributed by atoms with Gasteiger partial charge < -0.3 is 4.90 Å². The summed E-state index contributed by atoms with van der Waals surface area (Å²) >= 11 is 0. The van der Waals surface area contributed by atoms with E-state index in [4.69, 9.17) is 0 Å². The van der Waals surface area contributed by atoms with Gasteiger partial charge in [0.1, 0.15) is 0 Å². The second-order valence-corrected chi connectivity index (χ2v) is 13.7. The molecule has 0 saturated carbocycles. The molecule has 1 nitrogen and oxygen atoms in total. The lowest BCUT2D eigenvalue weighted by Gasteiger charge is -2.26. The van der Waals surface area contributed by atoms with E-state index in [2.05, 4.69) is 235 Å². The van der Waals surface area contributed by atoms with E-state index in [1.807, 2.05) is 0 Å². The van der Waals surface area contributed by atoms with Gasteiger partial charge in [-0.25, -0.2) is 0 Å². The highest BCUT2D eigenvalue weighted by molar-refractivity contribution is 5.99. The van der Waals surface area contributed by atoms with Crippen LogP contribution in [-0.4, -0.2) is 0 Å². The van der Waals surface area contributed by atoms with E-state index >= 15 is 0 Å². The maximum Gasteiger partial charge on any atom is 0.0462 e. The van der Waals surface area contributed by atoms with E-state index in [9.17, 15) is 0 Å². The number of benzene rings is 9. The van der Waals surface area contributed by atoms with Gasteiger partial charge in [-0.15, -0.1) is 0 Å². The molecule has 0 bridgehead atoms. The highest BCUT2D eigenvalue weighted by Crippen LogP contribution is 2.44. The van der Waals surface area contributed by atoms with Crippen molar-refractivity contribution in [2.75, 3.05) is 4.90 Å². The zero-order valence-electron chi connectivity index (χ0n) is 30.0. The summed E-state index contributed by atoms with van der Waals surface area (Å²) in [6.07, 6.45) is 0. The average Bonchev–Trinajstić information content (AvgIpc) is 3.26. The maximum absolute atomic E-state index is 2.35. The van der Waals surface area contributed by atoms with Crippen molar-refractivity contribution in [3.63, 3.8) is 0 Å². The number of fused-ring (bicyclic) bond motifs is 1. The fourth-order valence-electron chi connectivity index (χ4n) is 7.89. The molecule has 0 saturated heterocycles. The van der Waals surface area contributed by atoms with Crippen molar-refractivity contribution in [1.82, 2.24) is 0 Å². The molecule has 1 heteroatoms. The molecule has 1 unspecified atom stereocenters. The molecule has 0 N–H and O–H groups in total. The van der Waals surface area contributed by atoms with Crippen molar-refractivity contribution in [3.8, 4) is 33.4 Å². The highest BCUT2D eigenvalue weighted by Gasteiger charge is 2.25. The number of hydrogen-bond donors (Lipinski definition) is 0. The van der Waals surface area contributed by atoms with Crippen LogP contribution in [0, 0.1) is 0 Å². The van der Waals surface area contributed by atoms with E-state index in [0.717, 1.165) is 17.1 Å². The molecule has 0 aromatic heterocycles. The van der Waals surface area contributed by atoms with E-state index in [1.54, 1.807) is 0 Å². The van der Waals surface area contributed by atoms with Gasteiger partial charge in [0, 0.05) is 23.0 Å². The van der Waals surface area contributed by atoms with Crippen molar-refractivity contribution >= 4 is 27.8 Å². The van der Waals surface area contributed by atoms with E-state index in [0.29, 0.717) is 0 Å². The van der Waals surface area contributed by atoms with E-state index in [-0.39, 0.29) is 5.92 Å². The lowest BCUT2D eigenvalue weighted by atomic mass is 9.77. The number of nitrogens with zero attached hydrogens (tertiary/aromatic N) is 1. The second kappa shape index (κ2) is 14.9. The number of anilines is 3. The topological polar surface area (TPSA) is 3.24 Å². The van der Waals surface area contributed by atoms with Gasteiger partial charge in [0.05, 0.1) is 0 Å². The molecule has 0 aliphatic rings. The summed E-state index contributed by atoms with van der Waals surface area (Å²) in [6, 6.07) is 83.3. The average molecular weight is 690 g/mol. The van der Waals surface area contributed by atoms with Gasteiger partial charge in [-0.05, 0) is 97.2 Å². The van der Waals surface area contributed by atoms with Crippen molar-refractivity contribution in [2.45, 2.75) is 5.92 Å². The Balaban J connectivity index is 1.11. The van der Waals surface area contributed by atoms with Gasteiger partial charge in [0.25, 0.3) is 0 Å². The Hall–Kier alpha value is -6.96. The molecule has 9 rings (SSSR count). The van der Waals surface area contributed by atoms with Gasteiger partial charge in [-0.3, -0.25) is 0 Å². The molecule has 256 valence electrons. The SMILES string of the molecule is c1ccc(-c2c(C(c3ccccc3)c3ccccc3-c3ccc(-c4ccc(N(c5ccccc5)c5ccccc5)cc4)cc3)ccc3ccccc23)cc1. The Morgan fingerprint density at radius 1 is 0.296 bits per heavy atom. The molecule has 1 atom stereocenters. The number of rotatable bonds is 9. The molecule has 54 heavy (non-hydrogen) atoms. The lowest BCUT2D eigenvalue weighted by molar-refractivity contribution is 0.984. The van der Waals surface area contributed by atoms with E-state index < -0.39 is 0 Å². The van der Waals surface area contributed by atoms with Crippen LogP contribution in [0.1, 0.15) is 22.6 Å². The van der Waals surface area contributed by atoms with Crippen molar-refractivity contribution < 1.29 is 0 Å². The fraction of sp³-hybridized carbons (Fsp3) is 0.0189. The summed E-state index contributed by atoms with van der Waals surface area (Å²) in [4.78, 5) is 2.30. The first kappa shape index (κ1) is 32.9. The summed E-state index contributed by atoms with van der Waals surface area (Å²) in [7, 11) is 0. The Kier molecular flexibility index (Phi) is 9.11. The van der Waals surface area contributed by atoms with Gasteiger partial charge in [-0.2, -0.15) is 0 Å². The van der Waals surface area contributed by atoms with Crippen LogP contribution in [-0.2, 0) is 0 Å². The zero-order valence-corrected chi connectivity index (χ0v) is 30.0. The van der Waals surface area contributed by atoms with Crippen LogP contribution < -0.4 is 4.90 Å². The normalized spacial score (nSPS) is 11.6. The minimum Gasteiger partial charge on any atom is -0.311 e. The zero-order chi connectivity index (χ0) is 36.1. The Morgan fingerprint density at radius 3 is 1.43 bits per heavy atom. The first-order valence-corrected chi connectivity index (χ1v) is 18.6. The highest BCUT2D eigenvalue weighted by atomic mass is 15.1. The molecular formula is C53H39N. The molecule has 0 fully saturated rings. The second-order valence-electron chi connectivity index (χ2n) is 13.7. The Labute approximate surface area is 318 Å². The Bertz CT molecular complexity index is 2570. The van der Waals surface area contributed by atoms with Crippen LogP contribution in [0.3, 0.4) is 0 Å². The molecule has 9 aromatic carbocycles. The minimum absolute atomic E-state index is 0.0200. The van der Waals surface area contributed by atoms with E-state index in [1.165, 1.54) is 60.8 Å². The van der Waals surface area contributed by atoms with Crippen LogP contribution in [0.15, 0.2) is 231 Å². The standard InChI is InChI=1S/C53H39N/c1-5-18-43(19-6-1)52-49-27-14-13-17-41(49)35-38-51(52)53(44-20-7-2-8-21-44)50-28-16-15-26-48(50)42-31-29-39(30-32-42)40-33-36-47(37-34-40)54(45-22-9-3-10-23-45)46-24-11-4-12-25-46/h1-38,53H. The number of hydrogen-bond acceptors (Lipinski definition) is 1. The third-order valence-electron chi connectivity index (χ3n) is 10.4. The van der Waals surface area contributed by atoms with Crippen LogP contribution in [0.25, 0.3) is 44.2 Å². The van der Waals surface area contributed by atoms with Gasteiger partial charge >= 0.3 is 0 Å². The molecule has 0 aliphatic heterocycles. The summed E-state index contributed by atoms with van der Waals surface area (Å²) < 4.78 is 0. The summed E-state index contributed by atoms with van der Waals surface area (Å²) in [5.41, 5.74) is 14.6. The minimum atomic E-state index is 0.0200. The first-order valence-electron chi connectivity index (χ1n) is 18.6. The monoisotopic (exact) mass is 689 g/mol. The predicted octanol–water partition coefficient (Wildman–Crippen LogP) is 14.5. The quantitative estimate of drug-likeness (QED) is 0.136. The third-order valence-corrected chi connectivity index (χ3v) is 10.4. The summed E-state index contributed by atoms with van der Waals surface area (Å²) in [6.45, 7) is 0. The Morgan fingerprint density at radius 2 is 0.778 bits per heavy atom. The van der Waals surface area contributed by atoms with Crippen LogP contribution >= 0.6 is 0 Å². The maximum atomic E-state index is 2.35.